The zero-order valence-electron chi connectivity index (χ0n) is 14.8. The maximum atomic E-state index is 11.6. The van der Waals surface area contributed by atoms with E-state index in [0.717, 1.165) is 26.1 Å². The summed E-state index contributed by atoms with van der Waals surface area (Å²) in [6.07, 6.45) is 5.37. The fourth-order valence-electron chi connectivity index (χ4n) is 4.32. The number of rotatable bonds is 6. The Morgan fingerprint density at radius 2 is 1.92 bits per heavy atom. The van der Waals surface area contributed by atoms with Gasteiger partial charge in [-0.3, -0.25) is 9.69 Å². The van der Waals surface area contributed by atoms with Crippen LogP contribution in [0.4, 0.5) is 0 Å². The predicted octanol–water partition coefficient (Wildman–Crippen LogP) is 2.93. The Labute approximate surface area is 145 Å². The highest BCUT2D eigenvalue weighted by Gasteiger charge is 2.34. The fraction of sp³-hybridized carbons (Fsp3) is 0.650. The highest BCUT2D eigenvalue weighted by Crippen LogP contribution is 2.29. The van der Waals surface area contributed by atoms with E-state index in [1.807, 2.05) is 0 Å². The lowest BCUT2D eigenvalue weighted by Gasteiger charge is -2.43. The van der Waals surface area contributed by atoms with Crippen molar-refractivity contribution >= 4 is 5.97 Å². The van der Waals surface area contributed by atoms with Crippen LogP contribution >= 0.6 is 0 Å². The summed E-state index contributed by atoms with van der Waals surface area (Å²) in [6, 6.07) is 11.3. The van der Waals surface area contributed by atoms with Crippen molar-refractivity contribution in [1.29, 1.82) is 0 Å². The van der Waals surface area contributed by atoms with E-state index in [1.165, 1.54) is 45.0 Å². The molecule has 0 aromatic heterocycles. The van der Waals surface area contributed by atoms with Crippen LogP contribution < -0.4 is 0 Å². The summed E-state index contributed by atoms with van der Waals surface area (Å²) in [5.74, 6) is 0.495. The molecule has 1 aromatic rings. The number of hydrogen-bond acceptors (Lipinski definition) is 4. The van der Waals surface area contributed by atoms with Gasteiger partial charge in [-0.2, -0.15) is 0 Å². The van der Waals surface area contributed by atoms with Gasteiger partial charge in [0.2, 0.25) is 0 Å². The molecule has 24 heavy (non-hydrogen) atoms. The van der Waals surface area contributed by atoms with Gasteiger partial charge in [0.05, 0.1) is 7.11 Å². The third-order valence-corrected chi connectivity index (χ3v) is 5.58. The second-order valence-electron chi connectivity index (χ2n) is 7.19. The van der Waals surface area contributed by atoms with Crippen molar-refractivity contribution in [2.75, 3.05) is 33.3 Å². The molecule has 0 N–H and O–H groups in total. The molecule has 0 amide bonds. The summed E-state index contributed by atoms with van der Waals surface area (Å²) < 4.78 is 4.86. The predicted molar refractivity (Wildman–Crippen MR) is 95.7 cm³/mol. The van der Waals surface area contributed by atoms with Crippen LogP contribution in [0.3, 0.4) is 0 Å². The third-order valence-electron chi connectivity index (χ3n) is 5.58. The topological polar surface area (TPSA) is 32.8 Å². The normalized spacial score (nSPS) is 25.7. The largest absolute Gasteiger partial charge is 0.469 e. The van der Waals surface area contributed by atoms with Gasteiger partial charge < -0.3 is 9.64 Å². The highest BCUT2D eigenvalue weighted by atomic mass is 16.5. The monoisotopic (exact) mass is 330 g/mol. The van der Waals surface area contributed by atoms with E-state index in [1.54, 1.807) is 0 Å². The van der Waals surface area contributed by atoms with Crippen molar-refractivity contribution in [3.8, 4) is 0 Å². The van der Waals surface area contributed by atoms with Gasteiger partial charge in [0.1, 0.15) is 0 Å². The Morgan fingerprint density at radius 3 is 2.62 bits per heavy atom. The summed E-state index contributed by atoms with van der Waals surface area (Å²) in [7, 11) is 1.49. The van der Waals surface area contributed by atoms with Crippen LogP contribution in [0, 0.1) is 5.92 Å². The first-order valence-corrected chi connectivity index (χ1v) is 9.33. The lowest BCUT2D eigenvalue weighted by molar-refractivity contribution is -0.141. The van der Waals surface area contributed by atoms with E-state index < -0.39 is 0 Å². The SMILES string of the molecule is COC(=O)CC[C@@H]1CN(Cc2ccccc2)CC[C@@H]1N1CCCC1. The van der Waals surface area contributed by atoms with E-state index in [-0.39, 0.29) is 5.97 Å². The van der Waals surface area contributed by atoms with E-state index in [2.05, 4.69) is 40.1 Å². The van der Waals surface area contributed by atoms with Gasteiger partial charge in [-0.15, -0.1) is 0 Å². The first kappa shape index (κ1) is 17.4. The van der Waals surface area contributed by atoms with E-state index in [4.69, 9.17) is 4.74 Å². The minimum Gasteiger partial charge on any atom is -0.469 e. The molecule has 2 aliphatic heterocycles. The number of ether oxygens (including phenoxy) is 1. The van der Waals surface area contributed by atoms with Gasteiger partial charge in [-0.1, -0.05) is 30.3 Å². The molecule has 0 spiro atoms. The Kier molecular flexibility index (Phi) is 6.27. The Balaban J connectivity index is 1.61. The van der Waals surface area contributed by atoms with Crippen molar-refractivity contribution in [2.45, 2.75) is 44.7 Å². The second kappa shape index (κ2) is 8.63. The van der Waals surface area contributed by atoms with E-state index in [9.17, 15) is 4.79 Å². The standard InChI is InChI=1S/C20H30N2O2/c1-24-20(23)10-9-18-16-21(15-17-7-3-2-4-8-17)14-11-19(18)22-12-5-6-13-22/h2-4,7-8,18-19H,5-6,9-16H2,1H3/t18-,19+/m1/s1. The smallest absolute Gasteiger partial charge is 0.305 e. The van der Waals surface area contributed by atoms with Crippen LogP contribution in [0.1, 0.15) is 37.7 Å². The molecular formula is C20H30N2O2. The van der Waals surface area contributed by atoms with Gasteiger partial charge in [-0.05, 0) is 56.8 Å². The number of likely N-dealkylation sites (tertiary alicyclic amines) is 2. The Hall–Kier alpha value is -1.39. The summed E-state index contributed by atoms with van der Waals surface area (Å²) in [4.78, 5) is 16.8. The van der Waals surface area contributed by atoms with Gasteiger partial charge in [0.25, 0.3) is 0 Å². The molecule has 0 saturated carbocycles. The summed E-state index contributed by atoms with van der Waals surface area (Å²) in [5, 5.41) is 0. The van der Waals surface area contributed by atoms with Gasteiger partial charge in [0, 0.05) is 25.6 Å². The van der Waals surface area contributed by atoms with E-state index in [0.29, 0.717) is 18.4 Å². The average Bonchev–Trinajstić information content (AvgIpc) is 3.15. The molecule has 2 atom stereocenters. The molecule has 1 aromatic carbocycles. The van der Waals surface area contributed by atoms with Crippen molar-refractivity contribution < 1.29 is 9.53 Å². The minimum absolute atomic E-state index is 0.0737. The molecule has 0 radical (unpaired) electrons. The number of nitrogens with zero attached hydrogens (tertiary/aromatic N) is 2. The molecule has 3 rings (SSSR count). The van der Waals surface area contributed by atoms with Crippen LogP contribution in [0.15, 0.2) is 30.3 Å². The van der Waals surface area contributed by atoms with Crippen molar-refractivity contribution in [2.24, 2.45) is 5.92 Å². The highest BCUT2D eigenvalue weighted by molar-refractivity contribution is 5.69. The number of piperidine rings is 1. The van der Waals surface area contributed by atoms with Crippen LogP contribution in [0.5, 0.6) is 0 Å². The summed E-state index contributed by atoms with van der Waals surface area (Å²) >= 11 is 0. The molecule has 2 saturated heterocycles. The number of carbonyl (C=O) groups is 1. The number of benzene rings is 1. The summed E-state index contributed by atoms with van der Waals surface area (Å²) in [6.45, 7) is 5.73. The van der Waals surface area contributed by atoms with Gasteiger partial charge in [0.15, 0.2) is 0 Å². The van der Waals surface area contributed by atoms with Crippen LogP contribution in [0.25, 0.3) is 0 Å². The minimum atomic E-state index is -0.0737. The molecule has 4 heteroatoms. The fourth-order valence-corrected chi connectivity index (χ4v) is 4.32. The third kappa shape index (κ3) is 4.58. The van der Waals surface area contributed by atoms with Crippen LogP contribution in [0.2, 0.25) is 0 Å². The first-order chi connectivity index (χ1) is 11.8. The second-order valence-corrected chi connectivity index (χ2v) is 7.19. The lowest BCUT2D eigenvalue weighted by Crippen LogP contribution is -2.50. The van der Waals surface area contributed by atoms with Crippen LogP contribution in [-0.4, -0.2) is 55.1 Å². The average molecular weight is 330 g/mol. The molecule has 2 fully saturated rings. The molecule has 0 aliphatic carbocycles. The van der Waals surface area contributed by atoms with Crippen molar-refractivity contribution in [3.63, 3.8) is 0 Å². The zero-order valence-corrected chi connectivity index (χ0v) is 14.8. The molecule has 132 valence electrons. The first-order valence-electron chi connectivity index (χ1n) is 9.33. The number of hydrogen-bond donors (Lipinski definition) is 0. The quantitative estimate of drug-likeness (QED) is 0.751. The Bertz CT molecular complexity index is 514. The summed E-state index contributed by atoms with van der Waals surface area (Å²) in [5.41, 5.74) is 1.38. The van der Waals surface area contributed by atoms with Crippen LogP contribution in [-0.2, 0) is 16.1 Å². The molecule has 2 heterocycles. The molecule has 2 aliphatic rings. The van der Waals surface area contributed by atoms with Crippen molar-refractivity contribution in [1.82, 2.24) is 9.80 Å². The molecular weight excluding hydrogens is 300 g/mol. The number of esters is 1. The maximum Gasteiger partial charge on any atom is 0.305 e. The molecule has 0 unspecified atom stereocenters. The molecule has 0 bridgehead atoms. The maximum absolute atomic E-state index is 11.6. The van der Waals surface area contributed by atoms with Gasteiger partial charge in [-0.25, -0.2) is 0 Å². The molecule has 4 nitrogen and oxygen atoms in total. The zero-order chi connectivity index (χ0) is 16.8. The van der Waals surface area contributed by atoms with Crippen molar-refractivity contribution in [3.05, 3.63) is 35.9 Å². The van der Waals surface area contributed by atoms with Gasteiger partial charge >= 0.3 is 5.97 Å². The number of carbonyl (C=O) groups excluding carboxylic acids is 1. The Morgan fingerprint density at radius 1 is 1.17 bits per heavy atom. The lowest BCUT2D eigenvalue weighted by atomic mass is 9.87. The van der Waals surface area contributed by atoms with E-state index >= 15 is 0 Å². The number of methoxy groups -OCH3 is 1.